The Morgan fingerprint density at radius 2 is 1.96 bits per heavy atom. The second-order valence-electron chi connectivity index (χ2n) is 6.88. The molecule has 6 nitrogen and oxygen atoms in total. The van der Waals surface area contributed by atoms with Gasteiger partial charge in [0.25, 0.3) is 0 Å². The zero-order valence-electron chi connectivity index (χ0n) is 17.5. The van der Waals surface area contributed by atoms with Crippen LogP contribution in [0.4, 0.5) is 0 Å². The van der Waals surface area contributed by atoms with Gasteiger partial charge in [0.05, 0.1) is 6.61 Å². The fourth-order valence-electron chi connectivity index (χ4n) is 2.61. The molecule has 1 aliphatic rings. The minimum absolute atomic E-state index is 0. The highest BCUT2D eigenvalue weighted by Gasteiger charge is 2.20. The van der Waals surface area contributed by atoms with Crippen molar-refractivity contribution in [2.75, 3.05) is 46.6 Å². The van der Waals surface area contributed by atoms with Crippen molar-refractivity contribution in [1.82, 2.24) is 10.6 Å². The van der Waals surface area contributed by atoms with Crippen LogP contribution in [0.1, 0.15) is 37.3 Å². The molecule has 0 atom stereocenters. The molecule has 1 aromatic rings. The lowest BCUT2D eigenvalue weighted by Crippen LogP contribution is -2.37. The Labute approximate surface area is 186 Å². The molecule has 1 fully saturated rings. The number of guanidine groups is 1. The summed E-state index contributed by atoms with van der Waals surface area (Å²) in [7, 11) is 1.79. The summed E-state index contributed by atoms with van der Waals surface area (Å²) in [5.41, 5.74) is 2.28. The van der Waals surface area contributed by atoms with Gasteiger partial charge in [-0.05, 0) is 50.7 Å². The van der Waals surface area contributed by atoms with Crippen LogP contribution in [-0.4, -0.2) is 52.6 Å². The van der Waals surface area contributed by atoms with E-state index in [2.05, 4.69) is 40.7 Å². The van der Waals surface area contributed by atoms with Crippen LogP contribution in [0, 0.1) is 12.8 Å². The average Bonchev–Trinajstić information content (AvgIpc) is 3.49. The Morgan fingerprint density at radius 1 is 1.14 bits per heavy atom. The summed E-state index contributed by atoms with van der Waals surface area (Å²) in [5, 5.41) is 6.69. The first kappa shape index (κ1) is 25.0. The van der Waals surface area contributed by atoms with Gasteiger partial charge in [-0.2, -0.15) is 0 Å². The van der Waals surface area contributed by atoms with Gasteiger partial charge in [0.1, 0.15) is 12.4 Å². The van der Waals surface area contributed by atoms with Crippen LogP contribution in [0.15, 0.2) is 23.2 Å². The third-order valence-corrected chi connectivity index (χ3v) is 4.39. The predicted molar refractivity (Wildman–Crippen MR) is 125 cm³/mol. The van der Waals surface area contributed by atoms with Gasteiger partial charge in [0.15, 0.2) is 5.96 Å². The highest BCUT2D eigenvalue weighted by Crippen LogP contribution is 2.28. The number of nitrogens with one attached hydrogen (secondary N) is 2. The van der Waals surface area contributed by atoms with Gasteiger partial charge in [-0.15, -0.1) is 24.0 Å². The molecule has 2 rings (SSSR count). The minimum Gasteiger partial charge on any atom is -0.491 e. The van der Waals surface area contributed by atoms with Crippen molar-refractivity contribution in [2.24, 2.45) is 10.9 Å². The standard InChI is InChI=1S/C21H35N3O3.HI/c1-4-25-12-13-27-20-14-17(2)6-9-19(20)15-24-21(22-3)23-10-5-11-26-16-18-7-8-18;/h6,9,14,18H,4-5,7-8,10-13,15-16H2,1-3H3,(H2,22,23,24);1H. The first-order valence-corrected chi connectivity index (χ1v) is 10.0. The summed E-state index contributed by atoms with van der Waals surface area (Å²) in [6, 6.07) is 6.26. The van der Waals surface area contributed by atoms with Crippen molar-refractivity contribution in [2.45, 2.75) is 39.7 Å². The smallest absolute Gasteiger partial charge is 0.191 e. The number of hydrogen-bond donors (Lipinski definition) is 2. The van der Waals surface area contributed by atoms with Crippen LogP contribution in [0.3, 0.4) is 0 Å². The largest absolute Gasteiger partial charge is 0.491 e. The highest BCUT2D eigenvalue weighted by atomic mass is 127. The predicted octanol–water partition coefficient (Wildman–Crippen LogP) is 3.51. The molecular weight excluding hydrogens is 469 g/mol. The topological polar surface area (TPSA) is 64.1 Å². The third-order valence-electron chi connectivity index (χ3n) is 4.39. The summed E-state index contributed by atoms with van der Waals surface area (Å²) in [4.78, 5) is 4.29. The van der Waals surface area contributed by atoms with E-state index in [0.717, 1.165) is 49.4 Å². The number of nitrogens with zero attached hydrogens (tertiary/aromatic N) is 1. The second kappa shape index (κ2) is 14.9. The zero-order valence-corrected chi connectivity index (χ0v) is 19.8. The molecule has 0 amide bonds. The zero-order chi connectivity index (χ0) is 19.3. The van der Waals surface area contributed by atoms with E-state index in [0.29, 0.717) is 26.4 Å². The van der Waals surface area contributed by atoms with Crippen molar-refractivity contribution in [3.8, 4) is 5.75 Å². The van der Waals surface area contributed by atoms with Crippen LogP contribution < -0.4 is 15.4 Å². The van der Waals surface area contributed by atoms with Crippen LogP contribution >= 0.6 is 24.0 Å². The Bertz CT molecular complexity index is 580. The number of aliphatic imine (C=N–C) groups is 1. The van der Waals surface area contributed by atoms with Gasteiger partial charge < -0.3 is 24.8 Å². The van der Waals surface area contributed by atoms with E-state index in [1.54, 1.807) is 7.05 Å². The summed E-state index contributed by atoms with van der Waals surface area (Å²) in [5.74, 6) is 2.51. The Kier molecular flexibility index (Phi) is 13.3. The molecule has 0 aromatic heterocycles. The van der Waals surface area contributed by atoms with Crippen molar-refractivity contribution < 1.29 is 14.2 Å². The van der Waals surface area contributed by atoms with Gasteiger partial charge >= 0.3 is 0 Å². The SMILES string of the molecule is CCOCCOc1cc(C)ccc1CNC(=NC)NCCCOCC1CC1.I. The number of aryl methyl sites for hydroxylation is 1. The monoisotopic (exact) mass is 505 g/mol. The summed E-state index contributed by atoms with van der Waals surface area (Å²) in [6.45, 7) is 9.14. The van der Waals surface area contributed by atoms with Crippen molar-refractivity contribution in [3.63, 3.8) is 0 Å². The van der Waals surface area contributed by atoms with Crippen LogP contribution in [-0.2, 0) is 16.0 Å². The Balaban J connectivity index is 0.00000392. The van der Waals surface area contributed by atoms with E-state index in [-0.39, 0.29) is 24.0 Å². The molecule has 0 heterocycles. The highest BCUT2D eigenvalue weighted by molar-refractivity contribution is 14.0. The number of halogens is 1. The molecule has 0 bridgehead atoms. The van der Waals surface area contributed by atoms with E-state index >= 15 is 0 Å². The third kappa shape index (κ3) is 10.5. The van der Waals surface area contributed by atoms with Gasteiger partial charge in [-0.25, -0.2) is 0 Å². The molecule has 0 saturated heterocycles. The van der Waals surface area contributed by atoms with Gasteiger partial charge in [0.2, 0.25) is 0 Å². The minimum atomic E-state index is 0. The molecule has 7 heteroatoms. The van der Waals surface area contributed by atoms with Crippen molar-refractivity contribution in [3.05, 3.63) is 29.3 Å². The molecule has 0 spiro atoms. The van der Waals surface area contributed by atoms with Crippen LogP contribution in [0.2, 0.25) is 0 Å². The summed E-state index contributed by atoms with van der Waals surface area (Å²) in [6.07, 6.45) is 3.65. The van der Waals surface area contributed by atoms with E-state index in [1.807, 2.05) is 6.92 Å². The van der Waals surface area contributed by atoms with Crippen molar-refractivity contribution >= 4 is 29.9 Å². The molecule has 1 aromatic carbocycles. The maximum Gasteiger partial charge on any atom is 0.191 e. The molecule has 0 radical (unpaired) electrons. The number of rotatable bonds is 13. The quantitative estimate of drug-likeness (QED) is 0.186. The molecule has 28 heavy (non-hydrogen) atoms. The van der Waals surface area contributed by atoms with Crippen LogP contribution in [0.5, 0.6) is 5.75 Å². The fraction of sp³-hybridized carbons (Fsp3) is 0.667. The molecule has 1 saturated carbocycles. The molecular formula is C21H36IN3O3. The van der Waals surface area contributed by atoms with Gasteiger partial charge in [0, 0.05) is 45.5 Å². The fourth-order valence-corrected chi connectivity index (χ4v) is 2.61. The Morgan fingerprint density at radius 3 is 2.68 bits per heavy atom. The first-order valence-electron chi connectivity index (χ1n) is 10.0. The lowest BCUT2D eigenvalue weighted by atomic mass is 10.1. The molecule has 0 aliphatic heterocycles. The van der Waals surface area contributed by atoms with E-state index in [1.165, 1.54) is 18.4 Å². The maximum atomic E-state index is 5.89. The van der Waals surface area contributed by atoms with Crippen LogP contribution in [0.25, 0.3) is 0 Å². The van der Waals surface area contributed by atoms with Gasteiger partial charge in [-0.1, -0.05) is 12.1 Å². The second-order valence-corrected chi connectivity index (χ2v) is 6.88. The number of ether oxygens (including phenoxy) is 3. The maximum absolute atomic E-state index is 5.89. The van der Waals surface area contributed by atoms with E-state index in [4.69, 9.17) is 14.2 Å². The first-order chi connectivity index (χ1) is 13.2. The lowest BCUT2D eigenvalue weighted by molar-refractivity contribution is 0.110. The molecule has 0 unspecified atom stereocenters. The molecule has 1 aliphatic carbocycles. The summed E-state index contributed by atoms with van der Waals surface area (Å²) < 4.78 is 16.9. The van der Waals surface area contributed by atoms with E-state index in [9.17, 15) is 0 Å². The normalized spacial score (nSPS) is 13.8. The van der Waals surface area contributed by atoms with E-state index < -0.39 is 0 Å². The van der Waals surface area contributed by atoms with Gasteiger partial charge in [-0.3, -0.25) is 4.99 Å². The molecule has 160 valence electrons. The number of benzene rings is 1. The average molecular weight is 505 g/mol. The summed E-state index contributed by atoms with van der Waals surface area (Å²) >= 11 is 0. The lowest BCUT2D eigenvalue weighted by Gasteiger charge is -2.15. The Hall–Kier alpha value is -1.06. The molecule has 2 N–H and O–H groups in total. The van der Waals surface area contributed by atoms with Crippen molar-refractivity contribution in [1.29, 1.82) is 0 Å². The number of hydrogen-bond acceptors (Lipinski definition) is 4.